The first-order valence-electron chi connectivity index (χ1n) is 24.2. The van der Waals surface area contributed by atoms with Gasteiger partial charge in [-0.2, -0.15) is 0 Å². The van der Waals surface area contributed by atoms with Gasteiger partial charge in [0.05, 0.1) is 0 Å². The maximum Gasteiger partial charge on any atom is 0.256 e. The molecule has 0 fully saturated rings. The summed E-state index contributed by atoms with van der Waals surface area (Å²) in [7, 11) is -3.65. The van der Waals surface area contributed by atoms with E-state index >= 15 is 0 Å². The van der Waals surface area contributed by atoms with Crippen LogP contribution in [-0.2, 0) is 16.2 Å². The molecule has 70 heavy (non-hydrogen) atoms. The van der Waals surface area contributed by atoms with Crippen LogP contribution in [0.15, 0.2) is 187 Å². The Morgan fingerprint density at radius 3 is 0.929 bits per heavy atom. The Balaban J connectivity index is 1.14. The van der Waals surface area contributed by atoms with Crippen LogP contribution in [0.2, 0.25) is 0 Å². The molecule has 0 saturated carbocycles. The molecule has 0 bridgehead atoms. The lowest BCUT2D eigenvalue weighted by Crippen LogP contribution is -2.27. The second kappa shape index (κ2) is 15.4. The lowest BCUT2D eigenvalue weighted by Gasteiger charge is -2.38. The first kappa shape index (κ1) is 42.9. The molecule has 7 heteroatoms. The van der Waals surface area contributed by atoms with Crippen LogP contribution in [0.1, 0.15) is 77.6 Å². The molecule has 0 unspecified atom stereocenters. The second-order valence-electron chi connectivity index (χ2n) is 21.5. The summed E-state index contributed by atoms with van der Waals surface area (Å²) in [6.45, 7) is 18.3. The zero-order chi connectivity index (χ0) is 47.8. The summed E-state index contributed by atoms with van der Waals surface area (Å²) in [6.07, 6.45) is 0. The Bertz CT molecular complexity index is 3810. The zero-order valence-electron chi connectivity index (χ0n) is 40.6. The molecule has 13 rings (SSSR count). The van der Waals surface area contributed by atoms with Crippen molar-refractivity contribution < 1.29 is 21.5 Å². The largest absolute Gasteiger partial charge is 0.454 e. The minimum atomic E-state index is -1.83. The maximum atomic E-state index is 7.64. The molecule has 0 atom stereocenters. The zero-order valence-corrected chi connectivity index (χ0v) is 42.4. The van der Waals surface area contributed by atoms with Gasteiger partial charge in [0.2, 0.25) is 0 Å². The number of ether oxygens (including phenoxy) is 1. The van der Waals surface area contributed by atoms with E-state index in [4.69, 9.17) is 21.5 Å². The third kappa shape index (κ3) is 6.66. The molecule has 344 valence electrons. The Labute approximate surface area is 408 Å². The Hall–Kier alpha value is -7.16. The molecular formula is C63H52O5P2. The summed E-state index contributed by atoms with van der Waals surface area (Å²) in [5.41, 5.74) is 6.69. The monoisotopic (exact) mass is 950 g/mol. The predicted molar refractivity (Wildman–Crippen MR) is 295 cm³/mol. The number of hydrogen-bond acceptors (Lipinski definition) is 5. The molecule has 0 amide bonds. The van der Waals surface area contributed by atoms with Gasteiger partial charge in [-0.1, -0.05) is 189 Å². The van der Waals surface area contributed by atoms with Gasteiger partial charge in [-0.3, -0.25) is 0 Å². The van der Waals surface area contributed by atoms with E-state index < -0.39 is 21.4 Å². The van der Waals surface area contributed by atoms with Crippen molar-refractivity contribution >= 4 is 103 Å². The minimum Gasteiger partial charge on any atom is -0.454 e. The van der Waals surface area contributed by atoms with Gasteiger partial charge in [0.15, 0.2) is 0 Å². The first-order chi connectivity index (χ1) is 33.7. The number of benzene rings is 10. The van der Waals surface area contributed by atoms with Crippen molar-refractivity contribution in [1.82, 2.24) is 0 Å². The summed E-state index contributed by atoms with van der Waals surface area (Å²) in [6, 6.07) is 60.5. The number of fused-ring (bicyclic) bond motifs is 16. The lowest BCUT2D eigenvalue weighted by molar-refractivity contribution is 0.419. The summed E-state index contributed by atoms with van der Waals surface area (Å²) < 4.78 is 37.1. The SMILES string of the molecule is CC(C)(C)c1cc(-p2oc3ccc4ccccc4c3c3c(ccc4ccccc43)o2)c2c(c1)C(C)(C)c1cc(C(C)(C)C)cc(-p3oc4ccc5ccccc5c4c4c(ccc5ccccc54)o3)c1O2. The molecule has 10 aromatic carbocycles. The normalized spacial score (nSPS) is 13.7. The molecule has 3 heterocycles. The van der Waals surface area contributed by atoms with Crippen LogP contribution in [0, 0.1) is 0 Å². The highest BCUT2D eigenvalue weighted by Crippen LogP contribution is 2.62. The average Bonchev–Trinajstić information content (AvgIpc) is 3.64. The van der Waals surface area contributed by atoms with E-state index in [1.54, 1.807) is 0 Å². The van der Waals surface area contributed by atoms with Crippen LogP contribution in [0.3, 0.4) is 0 Å². The number of rotatable bonds is 2. The van der Waals surface area contributed by atoms with Gasteiger partial charge in [-0.15, -0.1) is 0 Å². The van der Waals surface area contributed by atoms with Crippen LogP contribution in [0.5, 0.6) is 11.5 Å². The molecule has 0 N–H and O–H groups in total. The second-order valence-corrected chi connectivity index (χ2v) is 24.2. The van der Waals surface area contributed by atoms with Gasteiger partial charge >= 0.3 is 0 Å². The van der Waals surface area contributed by atoms with E-state index in [2.05, 4.69) is 225 Å². The van der Waals surface area contributed by atoms with Gasteiger partial charge < -0.3 is 21.5 Å². The molecule has 1 aliphatic rings. The molecule has 1 aliphatic heterocycles. The van der Waals surface area contributed by atoms with Crippen LogP contribution in [0.4, 0.5) is 0 Å². The smallest absolute Gasteiger partial charge is 0.256 e. The average molecular weight is 951 g/mol. The summed E-state index contributed by atoms with van der Waals surface area (Å²) in [5.74, 6) is 1.49. The van der Waals surface area contributed by atoms with E-state index in [9.17, 15) is 0 Å². The predicted octanol–water partition coefficient (Wildman–Crippen LogP) is 20.5. The van der Waals surface area contributed by atoms with Crippen LogP contribution >= 0.6 is 16.0 Å². The molecule has 0 aliphatic carbocycles. The van der Waals surface area contributed by atoms with Crippen molar-refractivity contribution in [1.29, 1.82) is 0 Å². The Morgan fingerprint density at radius 2 is 0.643 bits per heavy atom. The van der Waals surface area contributed by atoms with Gasteiger partial charge in [-0.05, 0) is 101 Å². The van der Waals surface area contributed by atoms with Crippen molar-refractivity contribution in [3.63, 3.8) is 0 Å². The van der Waals surface area contributed by atoms with E-state index in [1.807, 2.05) is 0 Å². The third-order valence-electron chi connectivity index (χ3n) is 14.6. The fourth-order valence-electron chi connectivity index (χ4n) is 10.7. The summed E-state index contributed by atoms with van der Waals surface area (Å²) in [4.78, 5) is 0. The van der Waals surface area contributed by atoms with E-state index in [0.717, 1.165) is 120 Å². The topological polar surface area (TPSA) is 61.8 Å². The van der Waals surface area contributed by atoms with E-state index in [-0.39, 0.29) is 10.8 Å². The van der Waals surface area contributed by atoms with Gasteiger partial charge in [0, 0.05) is 38.1 Å². The van der Waals surface area contributed by atoms with Crippen LogP contribution in [0.25, 0.3) is 97.6 Å². The van der Waals surface area contributed by atoms with Crippen molar-refractivity contribution in [2.24, 2.45) is 0 Å². The quantitative estimate of drug-likeness (QED) is 0.173. The van der Waals surface area contributed by atoms with Crippen LogP contribution in [-0.4, -0.2) is 0 Å². The van der Waals surface area contributed by atoms with Gasteiger partial charge in [-0.25, -0.2) is 0 Å². The highest BCUT2D eigenvalue weighted by atomic mass is 31.1. The molecular weight excluding hydrogens is 899 g/mol. The van der Waals surface area contributed by atoms with Crippen LogP contribution < -0.4 is 4.74 Å². The lowest BCUT2D eigenvalue weighted by atomic mass is 9.72. The Morgan fingerprint density at radius 1 is 0.357 bits per heavy atom. The van der Waals surface area contributed by atoms with E-state index in [0.29, 0.717) is 0 Å². The van der Waals surface area contributed by atoms with Crippen molar-refractivity contribution in [3.05, 3.63) is 192 Å². The third-order valence-corrected chi connectivity index (χ3v) is 17.5. The molecule has 5 nitrogen and oxygen atoms in total. The van der Waals surface area contributed by atoms with Crippen molar-refractivity contribution in [3.8, 4) is 22.1 Å². The molecule has 0 saturated heterocycles. The molecule has 0 spiro atoms. The molecule has 12 aromatic rings. The van der Waals surface area contributed by atoms with Crippen molar-refractivity contribution in [2.45, 2.75) is 71.6 Å². The highest BCUT2D eigenvalue weighted by Gasteiger charge is 2.41. The van der Waals surface area contributed by atoms with Gasteiger partial charge in [0.1, 0.15) is 44.4 Å². The van der Waals surface area contributed by atoms with Crippen molar-refractivity contribution in [2.75, 3.05) is 0 Å². The fraction of sp³-hybridized carbons (Fsp3) is 0.175. The maximum absolute atomic E-state index is 7.64. The summed E-state index contributed by atoms with van der Waals surface area (Å²) >= 11 is 0. The molecule has 0 radical (unpaired) electrons. The van der Waals surface area contributed by atoms with E-state index in [1.165, 1.54) is 11.1 Å². The standard InChI is InChI=1S/C63H52O5P2/c1-61(2,3)41-33-47-59(53(35-41)69-65-49-29-25-37-17-9-13-21-43(37)55(49)56-44-22-14-10-18-38(44)26-30-50(56)66-69)64-60-48(63(47,7)8)34-42(62(4,5)6)36-54(60)70-67-51-31-27-39-19-11-15-23-45(39)57(51)58-46-24-16-12-20-40(46)28-32-52(58)68-70/h9-36H,1-8H3. The Kier molecular flexibility index (Phi) is 9.45. The minimum absolute atomic E-state index is 0.206. The summed E-state index contributed by atoms with van der Waals surface area (Å²) in [5, 5.41) is 14.9. The first-order valence-corrected chi connectivity index (χ1v) is 26.5. The molecule has 2 aromatic heterocycles. The number of hydrogen-bond donors (Lipinski definition) is 0. The van der Waals surface area contributed by atoms with Gasteiger partial charge in [0.25, 0.3) is 16.0 Å². The fourth-order valence-corrected chi connectivity index (χ4v) is 13.6. The highest BCUT2D eigenvalue weighted by molar-refractivity contribution is 7.46.